The lowest BCUT2D eigenvalue weighted by Gasteiger charge is -2.25. The summed E-state index contributed by atoms with van der Waals surface area (Å²) in [6, 6.07) is -0.874. The number of likely N-dealkylation sites (N-methyl/N-ethyl adjacent to an activating group) is 1. The van der Waals surface area contributed by atoms with E-state index in [0.29, 0.717) is 17.4 Å². The molecule has 3 atom stereocenters. The van der Waals surface area contributed by atoms with Gasteiger partial charge in [0.25, 0.3) is 0 Å². The second-order valence-electron chi connectivity index (χ2n) is 25.2. The summed E-state index contributed by atoms with van der Waals surface area (Å²) in [5, 5.41) is 14.0. The fourth-order valence-electron chi connectivity index (χ4n) is 10.3. The number of hydrogen-bond acceptors (Lipinski definition) is 5. The minimum atomic E-state index is -4.37. The number of phosphoric acid groups is 1. The highest BCUT2D eigenvalue weighted by molar-refractivity contribution is 7.47. The van der Waals surface area contributed by atoms with Gasteiger partial charge >= 0.3 is 7.82 Å². The van der Waals surface area contributed by atoms with Crippen molar-refractivity contribution in [1.82, 2.24) is 5.32 Å². The van der Waals surface area contributed by atoms with E-state index in [-0.39, 0.29) is 19.1 Å². The van der Waals surface area contributed by atoms with E-state index in [0.717, 1.165) is 77.0 Å². The maximum atomic E-state index is 13.1. The summed E-state index contributed by atoms with van der Waals surface area (Å²) in [7, 11) is 1.55. The van der Waals surface area contributed by atoms with Crippen molar-refractivity contribution in [3.63, 3.8) is 0 Å². The van der Waals surface area contributed by atoms with Crippen molar-refractivity contribution in [2.24, 2.45) is 0 Å². The lowest BCUT2D eigenvalue weighted by molar-refractivity contribution is -0.870. The molecular formula is C75H138N2O6P+. The molecule has 0 aliphatic heterocycles. The highest BCUT2D eigenvalue weighted by Gasteiger charge is 2.28. The van der Waals surface area contributed by atoms with Gasteiger partial charge in [-0.1, -0.05) is 323 Å². The van der Waals surface area contributed by atoms with Gasteiger partial charge in [0.05, 0.1) is 39.9 Å². The van der Waals surface area contributed by atoms with Gasteiger partial charge in [0.2, 0.25) is 5.91 Å². The van der Waals surface area contributed by atoms with Gasteiger partial charge in [-0.05, 0) is 89.9 Å². The topological polar surface area (TPSA) is 105 Å². The summed E-state index contributed by atoms with van der Waals surface area (Å²) in [5.74, 6) is -0.188. The van der Waals surface area contributed by atoms with Crippen LogP contribution in [0.1, 0.15) is 322 Å². The zero-order chi connectivity index (χ0) is 61.2. The Morgan fingerprint density at radius 3 is 1.10 bits per heavy atom. The lowest BCUT2D eigenvalue weighted by Crippen LogP contribution is -2.45. The zero-order valence-corrected chi connectivity index (χ0v) is 56.8. The molecule has 3 unspecified atom stereocenters. The number of nitrogens with zero attached hydrogens (tertiary/aromatic N) is 1. The van der Waals surface area contributed by atoms with E-state index in [2.05, 4.69) is 104 Å². The average molecular weight is 1190 g/mol. The Bertz CT molecular complexity index is 1690. The largest absolute Gasteiger partial charge is 0.472 e. The number of carbonyl (C=O) groups excluding carboxylic acids is 1. The lowest BCUT2D eigenvalue weighted by atomic mass is 10.0. The number of hydrogen-bond donors (Lipinski definition) is 3. The molecule has 0 saturated carbocycles. The highest BCUT2D eigenvalue weighted by Crippen LogP contribution is 2.43. The van der Waals surface area contributed by atoms with Crippen LogP contribution in [0.2, 0.25) is 0 Å². The smallest absolute Gasteiger partial charge is 0.387 e. The first-order chi connectivity index (χ1) is 41.0. The first-order valence-corrected chi connectivity index (χ1v) is 37.1. The number of aliphatic hydroxyl groups is 1. The van der Waals surface area contributed by atoms with Gasteiger partial charge in [0.1, 0.15) is 13.2 Å². The van der Waals surface area contributed by atoms with Crippen LogP contribution in [-0.4, -0.2) is 73.4 Å². The number of aliphatic hydroxyl groups excluding tert-OH is 1. The molecule has 0 fully saturated rings. The van der Waals surface area contributed by atoms with Gasteiger partial charge in [-0.15, -0.1) is 0 Å². The Balaban J connectivity index is 4.06. The number of phosphoric ester groups is 1. The molecule has 0 aromatic carbocycles. The van der Waals surface area contributed by atoms with Crippen molar-refractivity contribution < 1.29 is 32.9 Å². The monoisotopic (exact) mass is 1190 g/mol. The first kappa shape index (κ1) is 81.4. The number of quaternary nitrogens is 1. The van der Waals surface area contributed by atoms with Crippen LogP contribution < -0.4 is 5.32 Å². The molecule has 0 spiro atoms. The van der Waals surface area contributed by atoms with Crippen LogP contribution in [0.4, 0.5) is 0 Å². The molecule has 0 aliphatic rings. The van der Waals surface area contributed by atoms with E-state index in [9.17, 15) is 19.4 Å². The predicted molar refractivity (Wildman–Crippen MR) is 369 cm³/mol. The van der Waals surface area contributed by atoms with E-state index in [1.54, 1.807) is 6.08 Å². The Hall–Kier alpha value is -2.58. The first-order valence-electron chi connectivity index (χ1n) is 35.6. The van der Waals surface area contributed by atoms with Gasteiger partial charge in [-0.25, -0.2) is 4.57 Å². The van der Waals surface area contributed by atoms with E-state index in [1.807, 2.05) is 27.2 Å². The Morgan fingerprint density at radius 2 is 0.726 bits per heavy atom. The molecule has 9 heteroatoms. The molecule has 3 N–H and O–H groups in total. The van der Waals surface area contributed by atoms with Gasteiger partial charge < -0.3 is 19.8 Å². The second kappa shape index (κ2) is 64.9. The van der Waals surface area contributed by atoms with Crippen molar-refractivity contribution in [3.8, 4) is 0 Å². The average Bonchev–Trinajstić information content (AvgIpc) is 3.56. The molecule has 0 rings (SSSR count). The quantitative estimate of drug-likeness (QED) is 0.0243. The molecule has 0 heterocycles. The standard InChI is InChI=1S/C75H137N2O6P/c1-6-8-10-12-14-16-18-20-22-24-26-28-30-32-33-34-35-36-37-38-39-40-41-42-43-45-47-49-51-53-55-57-59-61-63-65-67-69-75(79)76-73(72-83-84(80,81)82-71-70-77(3,4)5)74(78)68-66-64-62-60-58-56-54-52-50-48-46-44-31-29-27-25-23-21-19-17-15-13-11-9-7-2/h8,10,14,16,20,22,26,28,32-33,50,52,58,60,66,68,73-74,78H,6-7,9,11-13,15,17-19,21,23-25,27,29-31,34-49,51,53-57,59,61-65,67,69-72H2,1-5H3,(H-,76,79,80,81)/p+1/b10-8-,16-14-,22-20-,28-26-,33-32-,52-50+,60-58+,68-66+. The third-order valence-corrected chi connectivity index (χ3v) is 16.7. The van der Waals surface area contributed by atoms with E-state index < -0.39 is 20.0 Å². The molecule has 0 aliphatic carbocycles. The molecule has 84 heavy (non-hydrogen) atoms. The maximum Gasteiger partial charge on any atom is 0.472 e. The van der Waals surface area contributed by atoms with E-state index in [1.165, 1.54) is 225 Å². The fraction of sp³-hybridized carbons (Fsp3) is 0.773. The summed E-state index contributed by atoms with van der Waals surface area (Å²) in [6.45, 7) is 4.70. The molecule has 0 radical (unpaired) electrons. The summed E-state index contributed by atoms with van der Waals surface area (Å²) in [4.78, 5) is 23.4. The Morgan fingerprint density at radius 1 is 0.417 bits per heavy atom. The molecular weight excluding hydrogens is 1060 g/mol. The normalized spacial score (nSPS) is 14.2. The Labute approximate surface area is 521 Å². The van der Waals surface area contributed by atoms with Crippen LogP contribution in [0.15, 0.2) is 97.2 Å². The van der Waals surface area contributed by atoms with Crippen LogP contribution in [0.3, 0.4) is 0 Å². The summed E-state index contributed by atoms with van der Waals surface area (Å²) in [5.41, 5.74) is 0. The van der Waals surface area contributed by atoms with Crippen molar-refractivity contribution in [2.45, 2.75) is 334 Å². The third kappa shape index (κ3) is 66.9. The van der Waals surface area contributed by atoms with Gasteiger partial charge in [0, 0.05) is 6.42 Å². The molecule has 1 amide bonds. The molecule has 0 aromatic heterocycles. The van der Waals surface area contributed by atoms with Gasteiger partial charge in [-0.3, -0.25) is 13.8 Å². The number of nitrogens with one attached hydrogen (secondary N) is 1. The number of rotatable bonds is 65. The van der Waals surface area contributed by atoms with Crippen LogP contribution in [0.5, 0.6) is 0 Å². The number of unbranched alkanes of at least 4 members (excludes halogenated alkanes) is 38. The van der Waals surface area contributed by atoms with Crippen molar-refractivity contribution in [2.75, 3.05) is 40.9 Å². The number of allylic oxidation sites excluding steroid dienone is 15. The molecule has 488 valence electrons. The van der Waals surface area contributed by atoms with Gasteiger partial charge in [-0.2, -0.15) is 0 Å². The van der Waals surface area contributed by atoms with Crippen LogP contribution in [-0.2, 0) is 18.4 Å². The minimum absolute atomic E-state index is 0.0520. The number of amides is 1. The van der Waals surface area contributed by atoms with Crippen molar-refractivity contribution in [3.05, 3.63) is 97.2 Å². The maximum absolute atomic E-state index is 13.1. The third-order valence-electron chi connectivity index (χ3n) is 15.8. The van der Waals surface area contributed by atoms with E-state index >= 15 is 0 Å². The van der Waals surface area contributed by atoms with Crippen LogP contribution in [0, 0.1) is 0 Å². The molecule has 8 nitrogen and oxygen atoms in total. The van der Waals surface area contributed by atoms with E-state index in [4.69, 9.17) is 9.05 Å². The van der Waals surface area contributed by atoms with Crippen molar-refractivity contribution in [1.29, 1.82) is 0 Å². The Kier molecular flexibility index (Phi) is 62.9. The zero-order valence-electron chi connectivity index (χ0n) is 55.9. The van der Waals surface area contributed by atoms with Crippen molar-refractivity contribution >= 4 is 13.7 Å². The van der Waals surface area contributed by atoms with Crippen LogP contribution >= 0.6 is 7.82 Å². The fourth-order valence-corrected chi connectivity index (χ4v) is 11.0. The SMILES string of the molecule is CC/C=C\C/C=C\C/C=C\C/C=C\C/C=C\CCCCCCCCCCCCCCCCCCCCCCCC(=O)NC(COP(=O)(O)OCC[N+](C)(C)C)C(O)/C=C/CC/C=C/CC/C=C/CCCCCCCCCCCCCCCCC. The van der Waals surface area contributed by atoms with Crippen LogP contribution in [0.25, 0.3) is 0 Å². The summed E-state index contributed by atoms with van der Waals surface area (Å²) < 4.78 is 23.8. The highest BCUT2D eigenvalue weighted by atomic mass is 31.2. The summed E-state index contributed by atoms with van der Waals surface area (Å²) in [6.07, 6.45) is 94.3. The number of carbonyl (C=O) groups is 1. The molecule has 0 saturated heterocycles. The minimum Gasteiger partial charge on any atom is -0.387 e. The molecule has 0 bridgehead atoms. The molecule has 0 aromatic rings. The predicted octanol–water partition coefficient (Wildman–Crippen LogP) is 22.9. The summed E-state index contributed by atoms with van der Waals surface area (Å²) >= 11 is 0. The second-order valence-corrected chi connectivity index (χ2v) is 26.7. The van der Waals surface area contributed by atoms with Gasteiger partial charge in [0.15, 0.2) is 0 Å².